The van der Waals surface area contributed by atoms with E-state index >= 15 is 0 Å². The van der Waals surface area contributed by atoms with Crippen LogP contribution >= 0.6 is 0 Å². The van der Waals surface area contributed by atoms with Crippen molar-refractivity contribution in [2.75, 3.05) is 9.80 Å². The Morgan fingerprint density at radius 3 is 1.15 bits per heavy atom. The van der Waals surface area contributed by atoms with Crippen molar-refractivity contribution in [2.45, 2.75) is 13.2 Å². The average Bonchev–Trinajstić information content (AvgIpc) is 1.02. The number of carbonyl (C=O) groups is 2. The van der Waals surface area contributed by atoms with Crippen molar-refractivity contribution in [3.05, 3.63) is 374 Å². The van der Waals surface area contributed by atoms with Crippen LogP contribution in [0.15, 0.2) is 352 Å². The summed E-state index contributed by atoms with van der Waals surface area (Å²) in [5.74, 6) is 1.65. The zero-order chi connectivity index (χ0) is 72.0. The number of carbonyl (C=O) groups excluding carboxylic acids is 2. The molecule has 2 aliphatic rings. The van der Waals surface area contributed by atoms with Gasteiger partial charge in [-0.25, -0.2) is 39.5 Å². The SMILES string of the molecule is O=C(OCc1ccccc1)c1ccc2c(c1)c1cc(C(=O)OCc3ccccc3)ccc1n2-c1ccc(-c2nc(-c3ccccc3)nc(-c3ccccc3)n2)cc1-c1nc(-c2ccccc2)nc(-c2cccc(-c3ccc(N4c5ccccc5B5c6ccccc6N(c6ccccc6)c6cccc4c65)cc3)c2)n1. The van der Waals surface area contributed by atoms with Crippen LogP contribution in [0.4, 0.5) is 34.1 Å². The number of anilines is 6. The molecule has 2 aliphatic heterocycles. The molecule has 0 spiro atoms. The van der Waals surface area contributed by atoms with Crippen LogP contribution in [0, 0.1) is 0 Å². The molecule has 0 atom stereocenters. The lowest BCUT2D eigenvalue weighted by atomic mass is 9.33. The number of aromatic nitrogens is 7. The molecule has 14 aromatic carbocycles. The van der Waals surface area contributed by atoms with Gasteiger partial charge in [0, 0.05) is 78.3 Å². The van der Waals surface area contributed by atoms with Crippen LogP contribution in [-0.4, -0.2) is 53.1 Å². The van der Waals surface area contributed by atoms with E-state index < -0.39 is 11.9 Å². The van der Waals surface area contributed by atoms with Gasteiger partial charge in [-0.05, 0) is 148 Å². The van der Waals surface area contributed by atoms with Gasteiger partial charge in [0.1, 0.15) is 13.2 Å². The fourth-order valence-corrected chi connectivity index (χ4v) is 15.1. The lowest BCUT2D eigenvalue weighted by Gasteiger charge is -2.44. The minimum absolute atomic E-state index is 0.0253. The van der Waals surface area contributed by atoms with E-state index in [9.17, 15) is 9.59 Å². The van der Waals surface area contributed by atoms with Crippen LogP contribution in [0.1, 0.15) is 31.8 Å². The zero-order valence-electron chi connectivity index (χ0n) is 58.1. The number of nitrogens with zero attached hydrogens (tertiary/aromatic N) is 9. The molecular formula is C94H62BN9O4. The third-order valence-electron chi connectivity index (χ3n) is 20.2. The van der Waals surface area contributed by atoms with E-state index in [0.717, 1.165) is 84.0 Å². The molecule has 108 heavy (non-hydrogen) atoms. The monoisotopic (exact) mass is 1390 g/mol. The van der Waals surface area contributed by atoms with Crippen molar-refractivity contribution >= 4 is 91.0 Å². The number of ether oxygens (including phenoxy) is 2. The maximum Gasteiger partial charge on any atom is 0.338 e. The van der Waals surface area contributed by atoms with Gasteiger partial charge in [0.2, 0.25) is 0 Å². The minimum atomic E-state index is -0.500. The summed E-state index contributed by atoms with van der Waals surface area (Å²) >= 11 is 0. The summed E-state index contributed by atoms with van der Waals surface area (Å²) < 4.78 is 14.0. The number of fused-ring (bicyclic) bond motifs is 7. The molecule has 17 aromatic rings. The Hall–Kier alpha value is -14.5. The standard InChI is InChI=1S/C94H62BN9O4/c105-93(107-59-61-25-7-1-8-26-61)70-48-53-79-74(57-70)75-58-71(94(106)108-60-62-27-9-2-10-28-62)49-54-80(75)104(79)81-52-47-69(91-97-87(64-29-11-3-12-30-64)96-88(98-91)65-31-13-4-14-32-65)56-76(81)92-100-89(66-33-15-5-16-34-66)99-90(101-92)68-36-23-35-67(55-68)63-45-50-73(51-46-63)103-83-42-22-20-40-78(83)95-77-39-19-21-41-82(77)102(72-37-17-6-18-38-72)84-43-24-44-85(103)86(84)95/h1-58H,59-60H2. The van der Waals surface area contributed by atoms with E-state index in [-0.39, 0.29) is 19.9 Å². The molecule has 3 aromatic heterocycles. The van der Waals surface area contributed by atoms with Crippen molar-refractivity contribution in [1.29, 1.82) is 0 Å². The maximum absolute atomic E-state index is 14.2. The van der Waals surface area contributed by atoms with E-state index in [2.05, 4.69) is 154 Å². The largest absolute Gasteiger partial charge is 0.457 e. The summed E-state index contributed by atoms with van der Waals surface area (Å²) in [5, 5.41) is 1.37. The highest BCUT2D eigenvalue weighted by molar-refractivity contribution is 7.00. The normalized spacial score (nSPS) is 12.0. The Morgan fingerprint density at radius 1 is 0.287 bits per heavy atom. The summed E-state index contributed by atoms with van der Waals surface area (Å²) in [4.78, 5) is 65.1. The highest BCUT2D eigenvalue weighted by Crippen LogP contribution is 2.45. The molecule has 0 saturated heterocycles. The zero-order valence-corrected chi connectivity index (χ0v) is 58.1. The fourth-order valence-electron chi connectivity index (χ4n) is 15.1. The van der Waals surface area contributed by atoms with Gasteiger partial charge >= 0.3 is 11.9 Å². The van der Waals surface area contributed by atoms with Crippen molar-refractivity contribution in [1.82, 2.24) is 34.5 Å². The molecule has 19 rings (SSSR count). The summed E-state index contributed by atoms with van der Waals surface area (Å²) in [6.07, 6.45) is 0. The Labute approximate surface area is 623 Å². The van der Waals surface area contributed by atoms with Gasteiger partial charge in [-0.2, -0.15) is 0 Å². The first kappa shape index (κ1) is 64.4. The number of hydrogen-bond acceptors (Lipinski definition) is 12. The van der Waals surface area contributed by atoms with Crippen LogP contribution in [-0.2, 0) is 22.7 Å². The van der Waals surface area contributed by atoms with Crippen molar-refractivity contribution in [3.63, 3.8) is 0 Å². The summed E-state index contributed by atoms with van der Waals surface area (Å²) in [6, 6.07) is 118. The van der Waals surface area contributed by atoms with Crippen LogP contribution in [0.5, 0.6) is 0 Å². The minimum Gasteiger partial charge on any atom is -0.457 e. The second-order valence-electron chi connectivity index (χ2n) is 26.8. The van der Waals surface area contributed by atoms with Gasteiger partial charge in [0.25, 0.3) is 6.71 Å². The molecule has 5 heterocycles. The van der Waals surface area contributed by atoms with Gasteiger partial charge in [0.15, 0.2) is 34.9 Å². The molecule has 13 nitrogen and oxygen atoms in total. The Bertz CT molecular complexity index is 6140. The second-order valence-corrected chi connectivity index (χ2v) is 26.8. The number of benzene rings is 14. The quantitative estimate of drug-likeness (QED) is 0.0671. The Balaban J connectivity index is 0.762. The van der Waals surface area contributed by atoms with Crippen LogP contribution < -0.4 is 26.2 Å². The summed E-state index contributed by atoms with van der Waals surface area (Å²) in [5.41, 5.74) is 21.4. The van der Waals surface area contributed by atoms with Crippen molar-refractivity contribution in [3.8, 4) is 85.1 Å². The lowest BCUT2D eigenvalue weighted by molar-refractivity contribution is 0.0464. The third-order valence-corrected chi connectivity index (χ3v) is 20.2. The van der Waals surface area contributed by atoms with Crippen LogP contribution in [0.2, 0.25) is 0 Å². The molecule has 510 valence electrons. The highest BCUT2D eigenvalue weighted by atomic mass is 16.5. The van der Waals surface area contributed by atoms with Crippen molar-refractivity contribution < 1.29 is 19.1 Å². The molecule has 0 amide bonds. The molecular weight excluding hydrogens is 1330 g/mol. The molecule has 0 radical (unpaired) electrons. The Kier molecular flexibility index (Phi) is 16.4. The topological polar surface area (TPSA) is 141 Å². The molecule has 0 saturated carbocycles. The maximum atomic E-state index is 14.2. The highest BCUT2D eigenvalue weighted by Gasteiger charge is 2.43. The lowest BCUT2D eigenvalue weighted by Crippen LogP contribution is -2.61. The first-order valence-corrected chi connectivity index (χ1v) is 35.9. The second kappa shape index (κ2) is 27.6. The van der Waals surface area contributed by atoms with Gasteiger partial charge in [0.05, 0.1) is 27.8 Å². The van der Waals surface area contributed by atoms with E-state index in [1.807, 2.05) is 200 Å². The van der Waals surface area contributed by atoms with E-state index in [0.29, 0.717) is 73.7 Å². The van der Waals surface area contributed by atoms with Crippen LogP contribution in [0.3, 0.4) is 0 Å². The average molecular weight is 1390 g/mol. The number of para-hydroxylation sites is 3. The first-order valence-electron chi connectivity index (χ1n) is 35.9. The van der Waals surface area contributed by atoms with Crippen molar-refractivity contribution in [2.24, 2.45) is 0 Å². The van der Waals surface area contributed by atoms with E-state index in [1.54, 1.807) is 12.1 Å². The third kappa shape index (κ3) is 11.9. The number of rotatable bonds is 16. The van der Waals surface area contributed by atoms with Crippen LogP contribution in [0.25, 0.3) is 107 Å². The number of hydrogen-bond donors (Lipinski definition) is 0. The molecule has 14 heteroatoms. The molecule has 0 bridgehead atoms. The molecule has 0 aliphatic carbocycles. The first-order chi connectivity index (χ1) is 53.4. The predicted octanol–water partition coefficient (Wildman–Crippen LogP) is 19.6. The molecule has 0 fully saturated rings. The summed E-state index contributed by atoms with van der Waals surface area (Å²) in [7, 11) is 0. The van der Waals surface area contributed by atoms with E-state index in [4.69, 9.17) is 39.4 Å². The number of esters is 2. The van der Waals surface area contributed by atoms with Gasteiger partial charge in [-0.3, -0.25) is 0 Å². The van der Waals surface area contributed by atoms with E-state index in [1.165, 1.54) is 22.1 Å². The van der Waals surface area contributed by atoms with Gasteiger partial charge < -0.3 is 23.8 Å². The predicted molar refractivity (Wildman–Crippen MR) is 431 cm³/mol. The van der Waals surface area contributed by atoms with Gasteiger partial charge in [-0.15, -0.1) is 0 Å². The smallest absolute Gasteiger partial charge is 0.338 e. The summed E-state index contributed by atoms with van der Waals surface area (Å²) in [6.45, 7) is 0.195. The molecule has 0 unspecified atom stereocenters. The Morgan fingerprint density at radius 2 is 0.657 bits per heavy atom. The van der Waals surface area contributed by atoms with Gasteiger partial charge in [-0.1, -0.05) is 243 Å². The fraction of sp³-hybridized carbons (Fsp3) is 0.0213. The molecule has 0 N–H and O–H groups in total.